The molecule has 1 aromatic carbocycles. The third kappa shape index (κ3) is 4.25. The Bertz CT molecular complexity index is 1180. The van der Waals surface area contributed by atoms with Crippen molar-refractivity contribution in [2.24, 2.45) is 0 Å². The molecular formula is C23H22N4O5S. The van der Waals surface area contributed by atoms with E-state index < -0.39 is 29.2 Å². The molecule has 3 heterocycles. The lowest BCUT2D eigenvalue weighted by atomic mass is 9.89. The van der Waals surface area contributed by atoms with Gasteiger partial charge in [0.25, 0.3) is 23.6 Å². The van der Waals surface area contributed by atoms with Gasteiger partial charge in [-0.05, 0) is 48.9 Å². The highest BCUT2D eigenvalue weighted by molar-refractivity contribution is 7.99. The summed E-state index contributed by atoms with van der Waals surface area (Å²) < 4.78 is 0. The van der Waals surface area contributed by atoms with E-state index in [4.69, 9.17) is 0 Å². The average molecular weight is 467 g/mol. The Morgan fingerprint density at radius 2 is 1.97 bits per heavy atom. The zero-order valence-corrected chi connectivity index (χ0v) is 19.0. The van der Waals surface area contributed by atoms with Crippen LogP contribution in [0.4, 0.5) is 0 Å². The van der Waals surface area contributed by atoms with Crippen LogP contribution in [0.25, 0.3) is 0 Å². The quantitative estimate of drug-likeness (QED) is 0.509. The van der Waals surface area contributed by atoms with Gasteiger partial charge in [-0.1, -0.05) is 13.0 Å². The molecule has 1 atom stereocenters. The van der Waals surface area contributed by atoms with Crippen molar-refractivity contribution in [2.45, 2.75) is 43.7 Å². The summed E-state index contributed by atoms with van der Waals surface area (Å²) in [5, 5.41) is 4.58. The van der Waals surface area contributed by atoms with Gasteiger partial charge in [-0.15, -0.1) is 11.8 Å². The summed E-state index contributed by atoms with van der Waals surface area (Å²) in [5.41, 5.74) is 0.0532. The summed E-state index contributed by atoms with van der Waals surface area (Å²) in [6.07, 6.45) is 1.94. The molecule has 2 aliphatic heterocycles. The van der Waals surface area contributed by atoms with E-state index in [1.165, 1.54) is 17.0 Å². The first-order valence-corrected chi connectivity index (χ1v) is 11.4. The van der Waals surface area contributed by atoms with Crippen LogP contribution in [0.1, 0.15) is 63.5 Å². The van der Waals surface area contributed by atoms with Crippen LogP contribution in [0.5, 0.6) is 0 Å². The second-order valence-corrected chi connectivity index (χ2v) is 9.35. The van der Waals surface area contributed by atoms with Crippen LogP contribution >= 0.6 is 11.8 Å². The van der Waals surface area contributed by atoms with Crippen LogP contribution in [0.15, 0.2) is 41.4 Å². The van der Waals surface area contributed by atoms with Gasteiger partial charge in [0.2, 0.25) is 5.91 Å². The highest BCUT2D eigenvalue weighted by Gasteiger charge is 2.48. The van der Waals surface area contributed by atoms with Crippen molar-refractivity contribution >= 4 is 41.3 Å². The summed E-state index contributed by atoms with van der Waals surface area (Å²) in [4.78, 5) is 68.6. The number of thioether (sulfide) groups is 1. The minimum atomic E-state index is -1.16. The lowest BCUT2D eigenvalue weighted by molar-refractivity contribution is -0.142. The van der Waals surface area contributed by atoms with Gasteiger partial charge in [-0.3, -0.25) is 34.6 Å². The van der Waals surface area contributed by atoms with Gasteiger partial charge in [0.1, 0.15) is 11.2 Å². The second kappa shape index (κ2) is 8.78. The maximum atomic E-state index is 13.1. The molecule has 2 aliphatic rings. The fourth-order valence-corrected chi connectivity index (χ4v) is 4.52. The number of fused-ring (bicyclic) bond motifs is 1. The number of carbonyl (C=O) groups excluding carboxylic acids is 5. The average Bonchev–Trinajstić information content (AvgIpc) is 3.13. The van der Waals surface area contributed by atoms with E-state index in [9.17, 15) is 24.0 Å². The number of amides is 5. The number of nitrogens with zero attached hydrogens (tertiary/aromatic N) is 2. The normalized spacial score (nSPS) is 19.8. The summed E-state index contributed by atoms with van der Waals surface area (Å²) in [6, 6.07) is 7.89. The van der Waals surface area contributed by atoms with Crippen LogP contribution in [-0.2, 0) is 16.1 Å². The first-order chi connectivity index (χ1) is 15.7. The van der Waals surface area contributed by atoms with Gasteiger partial charge in [0.15, 0.2) is 0 Å². The number of hydrogen-bond acceptors (Lipinski definition) is 7. The predicted octanol–water partition coefficient (Wildman–Crippen LogP) is 1.91. The Hall–Kier alpha value is -3.53. The molecular weight excluding hydrogens is 444 g/mol. The van der Waals surface area contributed by atoms with Gasteiger partial charge in [0, 0.05) is 35.2 Å². The highest BCUT2D eigenvalue weighted by Crippen LogP contribution is 2.34. The Morgan fingerprint density at radius 1 is 1.18 bits per heavy atom. The standard InChI is InChI=1S/C23H22N4O5S/c1-3-33-15-6-7-17(24-11-15)20(30)26-19(29)13-4-5-14-12-27(21(31)16(14)10-13)23(2)9-8-18(28)25-22(23)32/h4-7,10-11H,3,8-9,12H2,1-2H3,(H,25,28,32)(H,26,29,30). The van der Waals surface area contributed by atoms with E-state index in [2.05, 4.69) is 15.6 Å². The fourth-order valence-electron chi connectivity index (χ4n) is 3.90. The topological polar surface area (TPSA) is 126 Å². The molecule has 9 nitrogen and oxygen atoms in total. The number of hydrogen-bond donors (Lipinski definition) is 2. The van der Waals surface area contributed by atoms with Crippen molar-refractivity contribution in [3.8, 4) is 0 Å². The van der Waals surface area contributed by atoms with Gasteiger partial charge < -0.3 is 4.90 Å². The van der Waals surface area contributed by atoms with Gasteiger partial charge in [-0.25, -0.2) is 4.98 Å². The van der Waals surface area contributed by atoms with Gasteiger partial charge >= 0.3 is 0 Å². The lowest BCUT2D eigenvalue weighted by Crippen LogP contribution is -2.61. The molecule has 0 spiro atoms. The smallest absolute Gasteiger partial charge is 0.276 e. The Kier molecular flexibility index (Phi) is 6.03. The third-order valence-electron chi connectivity index (χ3n) is 5.86. The lowest BCUT2D eigenvalue weighted by Gasteiger charge is -2.39. The van der Waals surface area contributed by atoms with Crippen LogP contribution in [0.3, 0.4) is 0 Å². The third-order valence-corrected chi connectivity index (χ3v) is 6.72. The van der Waals surface area contributed by atoms with Crippen molar-refractivity contribution in [2.75, 3.05) is 5.75 Å². The van der Waals surface area contributed by atoms with E-state index in [1.54, 1.807) is 43.1 Å². The minimum absolute atomic E-state index is 0.109. The number of rotatable bonds is 5. The summed E-state index contributed by atoms with van der Waals surface area (Å²) >= 11 is 1.59. The van der Waals surface area contributed by atoms with Crippen LogP contribution in [0.2, 0.25) is 0 Å². The molecule has 2 aromatic rings. The number of piperidine rings is 1. The fraction of sp³-hybridized carbons (Fsp3) is 0.304. The Morgan fingerprint density at radius 3 is 2.64 bits per heavy atom. The van der Waals surface area contributed by atoms with Gasteiger partial charge in [0.05, 0.1) is 0 Å². The van der Waals surface area contributed by atoms with Crippen molar-refractivity contribution in [3.05, 3.63) is 58.9 Å². The summed E-state index contributed by atoms with van der Waals surface area (Å²) in [7, 11) is 0. The minimum Gasteiger partial charge on any atom is -0.320 e. The first-order valence-electron chi connectivity index (χ1n) is 10.5. The summed E-state index contributed by atoms with van der Waals surface area (Å²) in [5.74, 6) is -1.70. The van der Waals surface area contributed by atoms with Crippen LogP contribution < -0.4 is 10.6 Å². The van der Waals surface area contributed by atoms with E-state index >= 15 is 0 Å². The zero-order valence-electron chi connectivity index (χ0n) is 18.1. The molecule has 1 saturated heterocycles. The molecule has 0 radical (unpaired) electrons. The van der Waals surface area contributed by atoms with Crippen molar-refractivity contribution < 1.29 is 24.0 Å². The molecule has 0 aliphatic carbocycles. The van der Waals surface area contributed by atoms with E-state index in [-0.39, 0.29) is 36.6 Å². The highest BCUT2D eigenvalue weighted by atomic mass is 32.2. The molecule has 170 valence electrons. The Labute approximate surface area is 194 Å². The molecule has 10 heteroatoms. The Balaban J connectivity index is 1.49. The number of aromatic nitrogens is 1. The molecule has 1 fully saturated rings. The van der Waals surface area contributed by atoms with Gasteiger partial charge in [-0.2, -0.15) is 0 Å². The van der Waals surface area contributed by atoms with Crippen molar-refractivity contribution in [1.82, 2.24) is 20.5 Å². The molecule has 0 bridgehead atoms. The molecule has 5 amide bonds. The van der Waals surface area contributed by atoms with Crippen LogP contribution in [0, 0.1) is 0 Å². The number of benzene rings is 1. The molecule has 0 saturated carbocycles. The number of nitrogens with one attached hydrogen (secondary N) is 2. The predicted molar refractivity (Wildman–Crippen MR) is 120 cm³/mol. The molecule has 2 N–H and O–H groups in total. The van der Waals surface area contributed by atoms with E-state index in [0.717, 1.165) is 10.6 Å². The number of pyridine rings is 1. The van der Waals surface area contributed by atoms with E-state index in [1.807, 2.05) is 6.92 Å². The maximum Gasteiger partial charge on any atom is 0.276 e. The van der Waals surface area contributed by atoms with Crippen molar-refractivity contribution in [1.29, 1.82) is 0 Å². The largest absolute Gasteiger partial charge is 0.320 e. The zero-order chi connectivity index (χ0) is 23.8. The first kappa shape index (κ1) is 22.7. The molecule has 1 unspecified atom stereocenters. The summed E-state index contributed by atoms with van der Waals surface area (Å²) in [6.45, 7) is 3.83. The SMILES string of the molecule is CCSc1ccc(C(=O)NC(=O)c2ccc3c(c2)C(=O)N(C2(C)CCC(=O)NC2=O)C3)nc1. The van der Waals surface area contributed by atoms with Crippen molar-refractivity contribution in [3.63, 3.8) is 0 Å². The number of carbonyl (C=O) groups is 5. The second-order valence-electron chi connectivity index (χ2n) is 8.01. The number of imide groups is 2. The molecule has 33 heavy (non-hydrogen) atoms. The van der Waals surface area contributed by atoms with E-state index in [0.29, 0.717) is 11.1 Å². The molecule has 4 rings (SSSR count). The maximum absolute atomic E-state index is 13.1. The van der Waals surface area contributed by atoms with Crippen LogP contribution in [-0.4, -0.2) is 50.7 Å². The molecule has 1 aromatic heterocycles. The monoisotopic (exact) mass is 466 g/mol.